The van der Waals surface area contributed by atoms with Crippen LogP contribution >= 0.6 is 12.2 Å². The van der Waals surface area contributed by atoms with Gasteiger partial charge >= 0.3 is 0 Å². The summed E-state index contributed by atoms with van der Waals surface area (Å²) in [5, 5.41) is 7.34. The van der Waals surface area contributed by atoms with E-state index in [1.165, 1.54) is 5.56 Å². The molecule has 0 aliphatic heterocycles. The molecule has 2 heterocycles. The van der Waals surface area contributed by atoms with Gasteiger partial charge in [0.1, 0.15) is 5.75 Å². The van der Waals surface area contributed by atoms with Crippen LogP contribution in [0.25, 0.3) is 16.6 Å². The van der Waals surface area contributed by atoms with Crippen molar-refractivity contribution in [2.24, 2.45) is 0 Å². The molecular weight excluding hydrogens is 374 g/mol. The molecule has 1 N–H and O–H groups in total. The number of H-pyrrole nitrogens is 1. The third kappa shape index (κ3) is 3.25. The molecule has 0 atom stereocenters. The van der Waals surface area contributed by atoms with Crippen molar-refractivity contribution in [1.29, 1.82) is 0 Å². The number of nitrogens with one attached hydrogen (secondary N) is 1. The summed E-state index contributed by atoms with van der Waals surface area (Å²) in [5.74, 6) is 1.01. The lowest BCUT2D eigenvalue weighted by Gasteiger charge is -2.09. The Labute approximate surface area is 166 Å². The number of aromatic amines is 1. The summed E-state index contributed by atoms with van der Waals surface area (Å²) in [6.07, 6.45) is 0. The summed E-state index contributed by atoms with van der Waals surface area (Å²) >= 11 is 4.86. The van der Waals surface area contributed by atoms with Gasteiger partial charge in [-0.3, -0.25) is 4.79 Å². The number of ether oxygens (including phenoxy) is 1. The first-order valence-corrected chi connectivity index (χ1v) is 9.25. The Morgan fingerprint density at radius 3 is 2.61 bits per heavy atom. The highest BCUT2D eigenvalue weighted by Gasteiger charge is 2.19. The summed E-state index contributed by atoms with van der Waals surface area (Å²) in [6, 6.07) is 14.0. The van der Waals surface area contributed by atoms with Crippen LogP contribution in [0.3, 0.4) is 0 Å². The second kappa shape index (κ2) is 7.09. The number of aryl methyl sites for hydroxylation is 1. The fourth-order valence-electron chi connectivity index (χ4n) is 3.43. The summed E-state index contributed by atoms with van der Waals surface area (Å²) in [7, 11) is 0. The normalized spacial score (nSPS) is 11.1. The van der Waals surface area contributed by atoms with E-state index in [4.69, 9.17) is 21.4 Å². The number of ketones is 1. The number of nitrogens with zero attached hydrogens (tertiary/aromatic N) is 2. The molecule has 28 heavy (non-hydrogen) atoms. The predicted octanol–water partition coefficient (Wildman–Crippen LogP) is 5.07. The molecule has 2 aromatic heterocycles. The van der Waals surface area contributed by atoms with Crippen molar-refractivity contribution in [3.8, 4) is 11.4 Å². The molecule has 2 aromatic carbocycles. The highest BCUT2D eigenvalue weighted by atomic mass is 32.1. The van der Waals surface area contributed by atoms with Crippen LogP contribution in [0.2, 0.25) is 0 Å². The van der Waals surface area contributed by atoms with Gasteiger partial charge in [-0.1, -0.05) is 17.7 Å². The van der Waals surface area contributed by atoms with Crippen molar-refractivity contribution in [3.05, 3.63) is 70.0 Å². The zero-order chi connectivity index (χ0) is 19.8. The van der Waals surface area contributed by atoms with Crippen molar-refractivity contribution in [2.45, 2.75) is 27.4 Å². The number of aromatic nitrogens is 3. The quantitative estimate of drug-likeness (QED) is 0.378. The fraction of sp³-hybridized carbons (Fsp3) is 0.190. The predicted molar refractivity (Wildman–Crippen MR) is 109 cm³/mol. The van der Waals surface area contributed by atoms with Gasteiger partial charge in [-0.2, -0.15) is 0 Å². The van der Waals surface area contributed by atoms with Gasteiger partial charge < -0.3 is 13.7 Å². The van der Waals surface area contributed by atoms with Gasteiger partial charge in [-0.05, 0) is 63.3 Å². The maximum absolute atomic E-state index is 12.4. The molecule has 6 nitrogen and oxygen atoms in total. The minimum atomic E-state index is 0.0172. The van der Waals surface area contributed by atoms with E-state index >= 15 is 0 Å². The SMILES string of the molecule is CC(=O)c1c(C)n(-c2ccc(C)cc2)c2ccc(OCc3n[nH]c(=S)o3)cc12. The first-order chi connectivity index (χ1) is 13.4. The molecular formula is C21H19N3O3S. The van der Waals surface area contributed by atoms with Crippen LogP contribution in [-0.2, 0) is 6.61 Å². The Kier molecular flexibility index (Phi) is 4.60. The molecule has 0 radical (unpaired) electrons. The smallest absolute Gasteiger partial charge is 0.284 e. The zero-order valence-corrected chi connectivity index (χ0v) is 16.6. The van der Waals surface area contributed by atoms with E-state index in [0.717, 1.165) is 22.3 Å². The second-order valence-corrected chi connectivity index (χ2v) is 7.03. The van der Waals surface area contributed by atoms with Crippen LogP contribution in [0, 0.1) is 18.7 Å². The van der Waals surface area contributed by atoms with Crippen LogP contribution < -0.4 is 4.74 Å². The van der Waals surface area contributed by atoms with Gasteiger partial charge in [0, 0.05) is 22.3 Å². The van der Waals surface area contributed by atoms with Crippen molar-refractivity contribution >= 4 is 28.9 Å². The molecule has 4 aromatic rings. The Balaban J connectivity index is 1.79. The highest BCUT2D eigenvalue weighted by molar-refractivity contribution is 7.71. The lowest BCUT2D eigenvalue weighted by Crippen LogP contribution is -1.99. The summed E-state index contributed by atoms with van der Waals surface area (Å²) < 4.78 is 13.1. The summed E-state index contributed by atoms with van der Waals surface area (Å²) in [6.45, 7) is 5.74. The standard InChI is InChI=1S/C21H19N3O3S/c1-12-4-6-15(7-5-12)24-13(2)20(14(3)25)17-10-16(8-9-18(17)24)26-11-19-22-23-21(28)27-19/h4-10H,11H2,1-3H3,(H,23,28). The minimum absolute atomic E-state index is 0.0172. The van der Waals surface area contributed by atoms with E-state index in [1.54, 1.807) is 6.92 Å². The van der Waals surface area contributed by atoms with Gasteiger partial charge in [0.2, 0.25) is 0 Å². The van der Waals surface area contributed by atoms with E-state index < -0.39 is 0 Å². The lowest BCUT2D eigenvalue weighted by molar-refractivity contribution is 0.101. The molecule has 0 amide bonds. The Morgan fingerprint density at radius 1 is 1.21 bits per heavy atom. The molecule has 7 heteroatoms. The van der Waals surface area contributed by atoms with Gasteiger partial charge in [0.05, 0.1) is 5.52 Å². The number of rotatable bonds is 5. The molecule has 0 saturated carbocycles. The minimum Gasteiger partial charge on any atom is -0.484 e. The van der Waals surface area contributed by atoms with Crippen LogP contribution in [-0.4, -0.2) is 20.5 Å². The van der Waals surface area contributed by atoms with Gasteiger partial charge in [-0.15, -0.1) is 5.10 Å². The van der Waals surface area contributed by atoms with Gasteiger partial charge in [-0.25, -0.2) is 5.10 Å². The van der Waals surface area contributed by atoms with Crippen LogP contribution in [0.5, 0.6) is 5.75 Å². The first kappa shape index (κ1) is 18.2. The lowest BCUT2D eigenvalue weighted by atomic mass is 10.1. The molecule has 0 spiro atoms. The van der Waals surface area contributed by atoms with Crippen LogP contribution in [0.1, 0.15) is 34.4 Å². The van der Waals surface area contributed by atoms with Crippen molar-refractivity contribution in [2.75, 3.05) is 0 Å². The van der Waals surface area contributed by atoms with Crippen LogP contribution in [0.4, 0.5) is 0 Å². The fourth-order valence-corrected chi connectivity index (χ4v) is 3.57. The number of hydrogen-bond donors (Lipinski definition) is 1. The van der Waals surface area contributed by atoms with Crippen molar-refractivity contribution in [1.82, 2.24) is 14.8 Å². The van der Waals surface area contributed by atoms with E-state index in [2.05, 4.69) is 46.0 Å². The van der Waals surface area contributed by atoms with Crippen LogP contribution in [0.15, 0.2) is 46.9 Å². The summed E-state index contributed by atoms with van der Waals surface area (Å²) in [4.78, 5) is 12.6. The summed E-state index contributed by atoms with van der Waals surface area (Å²) in [5.41, 5.74) is 4.75. The number of Topliss-reactive ketones (excluding diaryl/α,β-unsaturated/α-hetero) is 1. The topological polar surface area (TPSA) is 73.1 Å². The Bertz CT molecular complexity index is 1230. The number of hydrogen-bond acceptors (Lipinski definition) is 5. The molecule has 0 unspecified atom stereocenters. The number of carbonyl (C=O) groups is 1. The van der Waals surface area contributed by atoms with Gasteiger partial charge in [0.15, 0.2) is 12.4 Å². The average Bonchev–Trinajstić information content (AvgIpc) is 3.20. The molecule has 4 rings (SSSR count). The largest absolute Gasteiger partial charge is 0.484 e. The maximum atomic E-state index is 12.4. The van der Waals surface area contributed by atoms with E-state index in [-0.39, 0.29) is 17.2 Å². The number of carbonyl (C=O) groups excluding carboxylic acids is 1. The van der Waals surface area contributed by atoms with Crippen molar-refractivity contribution < 1.29 is 13.9 Å². The average molecular weight is 393 g/mol. The number of benzene rings is 2. The van der Waals surface area contributed by atoms with E-state index in [9.17, 15) is 4.79 Å². The molecule has 142 valence electrons. The first-order valence-electron chi connectivity index (χ1n) is 8.84. The molecule has 0 saturated heterocycles. The number of fused-ring (bicyclic) bond motifs is 1. The van der Waals surface area contributed by atoms with Crippen molar-refractivity contribution in [3.63, 3.8) is 0 Å². The van der Waals surface area contributed by atoms with E-state index in [0.29, 0.717) is 17.2 Å². The second-order valence-electron chi connectivity index (χ2n) is 6.66. The van der Waals surface area contributed by atoms with E-state index in [1.807, 2.05) is 25.1 Å². The van der Waals surface area contributed by atoms with Gasteiger partial charge in [0.25, 0.3) is 10.7 Å². The molecule has 0 fully saturated rings. The molecule has 0 aliphatic rings. The molecule has 0 bridgehead atoms. The monoisotopic (exact) mass is 393 g/mol. The molecule has 0 aliphatic carbocycles. The zero-order valence-electron chi connectivity index (χ0n) is 15.8. The third-order valence-corrected chi connectivity index (χ3v) is 4.84. The Morgan fingerprint density at radius 2 is 1.96 bits per heavy atom. The highest BCUT2D eigenvalue weighted by Crippen LogP contribution is 2.32. The Hall–Kier alpha value is -3.19. The third-order valence-electron chi connectivity index (χ3n) is 4.66. The maximum Gasteiger partial charge on any atom is 0.284 e.